The van der Waals surface area contributed by atoms with E-state index in [0.717, 1.165) is 64.8 Å². The number of nitrogens with one attached hydrogen (secondary N) is 1. The highest BCUT2D eigenvalue weighted by atomic mass is 16.6. The maximum atomic E-state index is 13.0. The van der Waals surface area contributed by atoms with Gasteiger partial charge < -0.3 is 19.5 Å². The van der Waals surface area contributed by atoms with E-state index in [2.05, 4.69) is 16.3 Å². The number of aromatic nitrogens is 1. The molecule has 2 heterocycles. The minimum absolute atomic E-state index is 0. The third-order valence-corrected chi connectivity index (χ3v) is 7.21. The molecule has 1 N–H and O–H groups in total. The van der Waals surface area contributed by atoms with E-state index < -0.39 is 17.7 Å². The summed E-state index contributed by atoms with van der Waals surface area (Å²) in [6.45, 7) is 9.11. The number of aryl methyl sites for hydroxylation is 1. The van der Waals surface area contributed by atoms with Crippen LogP contribution < -0.4 is 10.1 Å². The summed E-state index contributed by atoms with van der Waals surface area (Å²) in [7, 11) is 3.02. The number of methoxy groups -OCH3 is 2. The molecule has 3 aromatic rings. The fourth-order valence-electron chi connectivity index (χ4n) is 5.49. The molecular formula is C32H42N4O5. The monoisotopic (exact) mass is 562 g/mol. The SMILES string of the molecule is C.COC(=O)c1ccc(C2CCCCN2Cc2c(OC)cc(C)c3c2ccn3C(=O)OC(C)(C)C)c(NCC#N)c1. The van der Waals surface area contributed by atoms with Gasteiger partial charge in [0.1, 0.15) is 17.9 Å². The van der Waals surface area contributed by atoms with Gasteiger partial charge in [0, 0.05) is 35.4 Å². The van der Waals surface area contributed by atoms with Crippen LogP contribution in [-0.2, 0) is 16.0 Å². The van der Waals surface area contributed by atoms with Crippen LogP contribution in [0.1, 0.15) is 80.6 Å². The van der Waals surface area contributed by atoms with Crippen molar-refractivity contribution in [3.63, 3.8) is 0 Å². The quantitative estimate of drug-likeness (QED) is 0.247. The van der Waals surface area contributed by atoms with Crippen LogP contribution in [0, 0.1) is 18.3 Å². The Labute approximate surface area is 243 Å². The van der Waals surface area contributed by atoms with Crippen LogP contribution in [0.25, 0.3) is 10.9 Å². The summed E-state index contributed by atoms with van der Waals surface area (Å²) >= 11 is 0. The summed E-state index contributed by atoms with van der Waals surface area (Å²) < 4.78 is 18.0. The number of nitrogens with zero attached hydrogens (tertiary/aromatic N) is 3. The fourth-order valence-corrected chi connectivity index (χ4v) is 5.49. The number of esters is 1. The van der Waals surface area contributed by atoms with Crippen LogP contribution in [0.5, 0.6) is 5.75 Å². The van der Waals surface area contributed by atoms with E-state index in [0.29, 0.717) is 12.1 Å². The summed E-state index contributed by atoms with van der Waals surface area (Å²) in [6.07, 6.45) is 4.38. The van der Waals surface area contributed by atoms with Crippen molar-refractivity contribution in [1.82, 2.24) is 9.47 Å². The molecule has 2 aromatic carbocycles. The Hall–Kier alpha value is -4.03. The maximum absolute atomic E-state index is 13.0. The van der Waals surface area contributed by atoms with Crippen molar-refractivity contribution in [2.75, 3.05) is 32.6 Å². The molecule has 1 aliphatic heterocycles. The molecule has 1 aromatic heterocycles. The lowest BCUT2D eigenvalue weighted by molar-refractivity contribution is 0.0542. The number of carbonyl (C=O) groups excluding carboxylic acids is 2. The Morgan fingerprint density at radius 2 is 1.90 bits per heavy atom. The summed E-state index contributed by atoms with van der Waals surface area (Å²) in [5.41, 5.74) is 4.31. The second-order valence-corrected chi connectivity index (χ2v) is 11.1. The molecule has 1 aliphatic rings. The van der Waals surface area contributed by atoms with Crippen molar-refractivity contribution in [3.05, 3.63) is 58.8 Å². The van der Waals surface area contributed by atoms with Crippen molar-refractivity contribution in [3.8, 4) is 11.8 Å². The van der Waals surface area contributed by atoms with E-state index in [-0.39, 0.29) is 20.0 Å². The lowest BCUT2D eigenvalue weighted by Crippen LogP contribution is -2.33. The number of hydrogen-bond acceptors (Lipinski definition) is 8. The van der Waals surface area contributed by atoms with Crippen LogP contribution in [0.15, 0.2) is 36.5 Å². The number of nitriles is 1. The Kier molecular flexibility index (Phi) is 10.1. The molecule has 4 rings (SSSR count). The van der Waals surface area contributed by atoms with E-state index in [1.54, 1.807) is 30.0 Å². The topological polar surface area (TPSA) is 106 Å². The average Bonchev–Trinajstić information content (AvgIpc) is 3.38. The minimum atomic E-state index is -0.612. The predicted octanol–water partition coefficient (Wildman–Crippen LogP) is 6.83. The molecule has 41 heavy (non-hydrogen) atoms. The first kappa shape index (κ1) is 31.5. The van der Waals surface area contributed by atoms with Gasteiger partial charge in [-0.05, 0) is 82.5 Å². The van der Waals surface area contributed by atoms with E-state index in [9.17, 15) is 14.9 Å². The van der Waals surface area contributed by atoms with Gasteiger partial charge in [-0.2, -0.15) is 5.26 Å². The van der Waals surface area contributed by atoms with Gasteiger partial charge in [-0.15, -0.1) is 0 Å². The Bertz CT molecular complexity index is 1450. The number of anilines is 1. The van der Waals surface area contributed by atoms with Gasteiger partial charge in [0.05, 0.1) is 31.4 Å². The van der Waals surface area contributed by atoms with Crippen molar-refractivity contribution in [2.45, 2.75) is 72.6 Å². The molecule has 0 spiro atoms. The highest BCUT2D eigenvalue weighted by Crippen LogP contribution is 2.40. The molecule has 0 aliphatic carbocycles. The normalized spacial score (nSPS) is 15.5. The molecule has 220 valence electrons. The first-order valence-electron chi connectivity index (χ1n) is 13.6. The summed E-state index contributed by atoms with van der Waals surface area (Å²) in [4.78, 5) is 27.7. The third kappa shape index (κ3) is 6.83. The van der Waals surface area contributed by atoms with Crippen LogP contribution >= 0.6 is 0 Å². The van der Waals surface area contributed by atoms with Gasteiger partial charge in [-0.25, -0.2) is 9.59 Å². The van der Waals surface area contributed by atoms with Crippen LogP contribution in [0.3, 0.4) is 0 Å². The highest BCUT2D eigenvalue weighted by Gasteiger charge is 2.29. The van der Waals surface area contributed by atoms with Crippen molar-refractivity contribution >= 4 is 28.7 Å². The average molecular weight is 563 g/mol. The zero-order valence-corrected chi connectivity index (χ0v) is 24.2. The maximum Gasteiger partial charge on any atom is 0.419 e. The molecule has 0 amide bonds. The highest BCUT2D eigenvalue weighted by molar-refractivity contribution is 5.95. The molecule has 0 saturated carbocycles. The minimum Gasteiger partial charge on any atom is -0.496 e. The first-order valence-corrected chi connectivity index (χ1v) is 13.6. The van der Waals surface area contributed by atoms with Gasteiger partial charge in [-0.1, -0.05) is 19.9 Å². The number of hydrogen-bond donors (Lipinski definition) is 1. The molecular weight excluding hydrogens is 520 g/mol. The second-order valence-electron chi connectivity index (χ2n) is 11.1. The molecule has 9 heteroatoms. The van der Waals surface area contributed by atoms with Crippen molar-refractivity contribution in [2.24, 2.45) is 0 Å². The number of benzene rings is 2. The van der Waals surface area contributed by atoms with Crippen molar-refractivity contribution in [1.29, 1.82) is 5.26 Å². The zero-order chi connectivity index (χ0) is 29.0. The van der Waals surface area contributed by atoms with Crippen LogP contribution in [0.4, 0.5) is 10.5 Å². The lowest BCUT2D eigenvalue weighted by Gasteiger charge is -2.37. The van der Waals surface area contributed by atoms with Gasteiger partial charge in [0.2, 0.25) is 0 Å². The van der Waals surface area contributed by atoms with Gasteiger partial charge in [0.25, 0.3) is 0 Å². The largest absolute Gasteiger partial charge is 0.496 e. The number of fused-ring (bicyclic) bond motifs is 1. The summed E-state index contributed by atoms with van der Waals surface area (Å²) in [5, 5.41) is 13.3. The van der Waals surface area contributed by atoms with E-state index in [1.807, 2.05) is 45.9 Å². The Morgan fingerprint density at radius 3 is 2.56 bits per heavy atom. The number of ether oxygens (including phenoxy) is 3. The van der Waals surface area contributed by atoms with E-state index >= 15 is 0 Å². The molecule has 9 nitrogen and oxygen atoms in total. The lowest BCUT2D eigenvalue weighted by atomic mass is 9.92. The Balaban J connectivity index is 0.00000462. The fraction of sp³-hybridized carbons (Fsp3) is 0.469. The van der Waals surface area contributed by atoms with Gasteiger partial charge in [0.15, 0.2) is 0 Å². The second kappa shape index (κ2) is 13.1. The van der Waals surface area contributed by atoms with Crippen LogP contribution in [-0.4, -0.2) is 54.4 Å². The van der Waals surface area contributed by atoms with Gasteiger partial charge in [-0.3, -0.25) is 9.47 Å². The van der Waals surface area contributed by atoms with E-state index in [4.69, 9.17) is 14.2 Å². The number of likely N-dealkylation sites (tertiary alicyclic amines) is 1. The zero-order valence-electron chi connectivity index (χ0n) is 24.2. The van der Waals surface area contributed by atoms with E-state index in [1.165, 1.54) is 7.11 Å². The molecule has 1 fully saturated rings. The smallest absolute Gasteiger partial charge is 0.419 e. The molecule has 1 saturated heterocycles. The number of rotatable bonds is 7. The third-order valence-electron chi connectivity index (χ3n) is 7.21. The molecule has 0 radical (unpaired) electrons. The molecule has 0 bridgehead atoms. The standard InChI is InChI=1S/C31H38N4O5.CH4/c1-20-17-27(38-5)24(22-12-16-35(28(20)22)30(37)40-31(2,3)4)19-34-15-8-7-9-26(34)23-11-10-21(29(36)39-6)18-25(23)33-14-13-32;/h10-12,16-18,26,33H,7-9,14-15,19H2,1-6H3;1H4. The Morgan fingerprint density at radius 1 is 1.15 bits per heavy atom. The first-order chi connectivity index (χ1) is 19.1. The van der Waals surface area contributed by atoms with Crippen LogP contribution in [0.2, 0.25) is 0 Å². The van der Waals surface area contributed by atoms with Gasteiger partial charge >= 0.3 is 12.1 Å². The summed E-state index contributed by atoms with van der Waals surface area (Å²) in [6, 6.07) is 11.6. The predicted molar refractivity (Wildman–Crippen MR) is 160 cm³/mol. The summed E-state index contributed by atoms with van der Waals surface area (Å²) in [5.74, 6) is 0.341. The number of piperidine rings is 1. The van der Waals surface area contributed by atoms with Crippen molar-refractivity contribution < 1.29 is 23.8 Å². The molecule has 1 unspecified atom stereocenters. The molecule has 1 atom stereocenters. The number of carbonyl (C=O) groups is 2.